The molecule has 1 aromatic rings. The number of nitrogens with one attached hydrogen (secondary N) is 2. The quantitative estimate of drug-likeness (QED) is 0.563. The fourth-order valence-corrected chi connectivity index (χ4v) is 2.51. The third kappa shape index (κ3) is 4.21. The van der Waals surface area contributed by atoms with Gasteiger partial charge in [0.1, 0.15) is 5.41 Å². The zero-order valence-electron chi connectivity index (χ0n) is 12.7. The van der Waals surface area contributed by atoms with Crippen molar-refractivity contribution >= 4 is 23.4 Å². The molecule has 2 rings (SSSR count). The molecule has 0 saturated heterocycles. The molecular weight excluding hydrogens is 304 g/mol. The van der Waals surface area contributed by atoms with Crippen molar-refractivity contribution in [2.24, 2.45) is 5.41 Å². The molecule has 0 unspecified atom stereocenters. The van der Waals surface area contributed by atoms with Gasteiger partial charge in [-0.1, -0.05) is 23.7 Å². The van der Waals surface area contributed by atoms with Crippen LogP contribution in [0.5, 0.6) is 0 Å². The van der Waals surface area contributed by atoms with E-state index in [2.05, 4.69) is 10.6 Å². The van der Waals surface area contributed by atoms with E-state index in [1.165, 1.54) is 0 Å². The summed E-state index contributed by atoms with van der Waals surface area (Å²) >= 11 is 5.92. The Morgan fingerprint density at radius 2 is 1.91 bits per heavy atom. The number of methoxy groups -OCH3 is 1. The standard InChI is InChI=1S/C16H21ClN2O3/c1-22-10-9-19-15(21)16(6-7-16)14(20)18-8-5-12-3-2-4-13(17)11-12/h2-4,11H,5-10H2,1H3,(H,18,20)(H,19,21). The molecule has 120 valence electrons. The fraction of sp³-hybridized carbons (Fsp3) is 0.500. The number of hydrogen-bond donors (Lipinski definition) is 2. The van der Waals surface area contributed by atoms with Crippen molar-refractivity contribution in [1.82, 2.24) is 10.6 Å². The maximum atomic E-state index is 12.2. The van der Waals surface area contributed by atoms with E-state index < -0.39 is 5.41 Å². The summed E-state index contributed by atoms with van der Waals surface area (Å²) in [5, 5.41) is 6.27. The number of amides is 2. The highest BCUT2D eigenvalue weighted by Gasteiger charge is 2.56. The lowest BCUT2D eigenvalue weighted by Gasteiger charge is -2.15. The maximum Gasteiger partial charge on any atom is 0.235 e. The lowest BCUT2D eigenvalue weighted by molar-refractivity contribution is -0.137. The van der Waals surface area contributed by atoms with Crippen molar-refractivity contribution in [3.63, 3.8) is 0 Å². The van der Waals surface area contributed by atoms with Crippen molar-refractivity contribution in [2.45, 2.75) is 19.3 Å². The van der Waals surface area contributed by atoms with Gasteiger partial charge in [0, 0.05) is 25.2 Å². The Morgan fingerprint density at radius 1 is 1.23 bits per heavy atom. The van der Waals surface area contributed by atoms with Crippen molar-refractivity contribution < 1.29 is 14.3 Å². The predicted molar refractivity (Wildman–Crippen MR) is 84.7 cm³/mol. The van der Waals surface area contributed by atoms with Gasteiger partial charge in [0.05, 0.1) is 6.61 Å². The largest absolute Gasteiger partial charge is 0.383 e. The first-order valence-electron chi connectivity index (χ1n) is 7.38. The monoisotopic (exact) mass is 324 g/mol. The molecular formula is C16H21ClN2O3. The molecule has 0 bridgehead atoms. The topological polar surface area (TPSA) is 67.4 Å². The van der Waals surface area contributed by atoms with Crippen LogP contribution in [0.3, 0.4) is 0 Å². The first-order valence-corrected chi connectivity index (χ1v) is 7.76. The van der Waals surface area contributed by atoms with Crippen LogP contribution in [0.2, 0.25) is 5.02 Å². The Kier molecular flexibility index (Phi) is 5.80. The minimum absolute atomic E-state index is 0.190. The van der Waals surface area contributed by atoms with E-state index in [1.807, 2.05) is 24.3 Å². The molecule has 2 amide bonds. The van der Waals surface area contributed by atoms with Gasteiger partial charge < -0.3 is 15.4 Å². The predicted octanol–water partition coefficient (Wildman–Crippen LogP) is 1.54. The third-order valence-electron chi connectivity index (χ3n) is 3.80. The molecule has 0 aromatic heterocycles. The average Bonchev–Trinajstić information content (AvgIpc) is 3.29. The molecule has 0 radical (unpaired) electrons. The fourth-order valence-electron chi connectivity index (χ4n) is 2.30. The number of benzene rings is 1. The first-order chi connectivity index (χ1) is 10.6. The van der Waals surface area contributed by atoms with E-state index in [0.29, 0.717) is 44.0 Å². The molecule has 22 heavy (non-hydrogen) atoms. The van der Waals surface area contributed by atoms with E-state index in [-0.39, 0.29) is 11.8 Å². The number of halogens is 1. The van der Waals surface area contributed by atoms with Crippen LogP contribution in [0.4, 0.5) is 0 Å². The highest BCUT2D eigenvalue weighted by molar-refractivity contribution is 6.30. The number of rotatable bonds is 8. The van der Waals surface area contributed by atoms with Crippen LogP contribution < -0.4 is 10.6 Å². The molecule has 1 aliphatic rings. The summed E-state index contributed by atoms with van der Waals surface area (Å²) in [5.74, 6) is -0.394. The second-order valence-electron chi connectivity index (χ2n) is 5.47. The van der Waals surface area contributed by atoms with Gasteiger partial charge in [-0.3, -0.25) is 9.59 Å². The maximum absolute atomic E-state index is 12.2. The SMILES string of the molecule is COCCNC(=O)C1(C(=O)NCCc2cccc(Cl)c2)CC1. The molecule has 1 fully saturated rings. The van der Waals surface area contributed by atoms with Crippen molar-refractivity contribution in [3.05, 3.63) is 34.9 Å². The molecule has 2 N–H and O–H groups in total. The summed E-state index contributed by atoms with van der Waals surface area (Å²) < 4.78 is 4.88. The zero-order valence-corrected chi connectivity index (χ0v) is 13.4. The van der Waals surface area contributed by atoms with Crippen LogP contribution in [0, 0.1) is 5.41 Å². The summed E-state index contributed by atoms with van der Waals surface area (Å²) in [6.07, 6.45) is 1.90. The van der Waals surface area contributed by atoms with Crippen LogP contribution in [-0.2, 0) is 20.7 Å². The highest BCUT2D eigenvalue weighted by atomic mass is 35.5. The highest BCUT2D eigenvalue weighted by Crippen LogP contribution is 2.46. The van der Waals surface area contributed by atoms with Gasteiger partial charge in [0.25, 0.3) is 0 Å². The molecule has 0 aliphatic heterocycles. The van der Waals surface area contributed by atoms with Crippen LogP contribution in [0.1, 0.15) is 18.4 Å². The lowest BCUT2D eigenvalue weighted by atomic mass is 10.0. The van der Waals surface area contributed by atoms with Gasteiger partial charge in [-0.2, -0.15) is 0 Å². The first kappa shape index (κ1) is 16.8. The van der Waals surface area contributed by atoms with E-state index >= 15 is 0 Å². The Balaban J connectivity index is 1.78. The van der Waals surface area contributed by atoms with Crippen LogP contribution in [-0.4, -0.2) is 38.6 Å². The minimum atomic E-state index is -0.873. The van der Waals surface area contributed by atoms with Crippen LogP contribution in [0.15, 0.2) is 24.3 Å². The number of ether oxygens (including phenoxy) is 1. The molecule has 5 nitrogen and oxygen atoms in total. The van der Waals surface area contributed by atoms with Gasteiger partial charge in [0.2, 0.25) is 11.8 Å². The molecule has 0 atom stereocenters. The van der Waals surface area contributed by atoms with Gasteiger partial charge in [-0.25, -0.2) is 0 Å². The summed E-state index contributed by atoms with van der Waals surface area (Å²) in [6, 6.07) is 7.53. The molecule has 1 saturated carbocycles. The normalized spacial score (nSPS) is 15.2. The molecule has 1 aliphatic carbocycles. The van der Waals surface area contributed by atoms with Gasteiger partial charge >= 0.3 is 0 Å². The summed E-state index contributed by atoms with van der Waals surface area (Å²) in [5.41, 5.74) is 0.185. The van der Waals surface area contributed by atoms with Crippen molar-refractivity contribution in [2.75, 3.05) is 26.8 Å². The third-order valence-corrected chi connectivity index (χ3v) is 4.03. The smallest absolute Gasteiger partial charge is 0.235 e. The summed E-state index contributed by atoms with van der Waals surface area (Å²) in [7, 11) is 1.57. The van der Waals surface area contributed by atoms with Crippen LogP contribution >= 0.6 is 11.6 Å². The average molecular weight is 325 g/mol. The molecule has 0 spiro atoms. The van der Waals surface area contributed by atoms with E-state index in [4.69, 9.17) is 16.3 Å². The second-order valence-corrected chi connectivity index (χ2v) is 5.90. The number of hydrogen-bond acceptors (Lipinski definition) is 3. The lowest BCUT2D eigenvalue weighted by Crippen LogP contribution is -2.44. The Bertz CT molecular complexity index is 544. The van der Waals surface area contributed by atoms with Gasteiger partial charge in [-0.05, 0) is 37.0 Å². The van der Waals surface area contributed by atoms with E-state index in [9.17, 15) is 9.59 Å². The Morgan fingerprint density at radius 3 is 2.50 bits per heavy atom. The number of carbonyl (C=O) groups is 2. The molecule has 0 heterocycles. The zero-order chi connectivity index (χ0) is 16.0. The van der Waals surface area contributed by atoms with Crippen LogP contribution in [0.25, 0.3) is 0 Å². The number of carbonyl (C=O) groups excluding carboxylic acids is 2. The van der Waals surface area contributed by atoms with Crippen molar-refractivity contribution in [3.8, 4) is 0 Å². The Labute approximate surface area is 135 Å². The molecule has 6 heteroatoms. The molecule has 1 aromatic carbocycles. The summed E-state index contributed by atoms with van der Waals surface area (Å²) in [4.78, 5) is 24.3. The summed E-state index contributed by atoms with van der Waals surface area (Å²) in [6.45, 7) is 1.36. The van der Waals surface area contributed by atoms with Gasteiger partial charge in [-0.15, -0.1) is 0 Å². The van der Waals surface area contributed by atoms with Crippen molar-refractivity contribution in [1.29, 1.82) is 0 Å². The van der Waals surface area contributed by atoms with E-state index in [0.717, 1.165) is 5.56 Å². The second kappa shape index (κ2) is 7.61. The Hall–Kier alpha value is -1.59. The minimum Gasteiger partial charge on any atom is -0.383 e. The van der Waals surface area contributed by atoms with Gasteiger partial charge in [0.15, 0.2) is 0 Å². The van der Waals surface area contributed by atoms with E-state index in [1.54, 1.807) is 7.11 Å².